The average Bonchev–Trinajstić information content (AvgIpc) is 2.67. The average molecular weight is 370 g/mol. The number of non-ortho nitro benzene ring substituents is 1. The minimum atomic E-state index is -0.773. The zero-order valence-electron chi connectivity index (χ0n) is 14.3. The molecule has 0 atom stereocenters. The Bertz CT molecular complexity index is 1100. The van der Waals surface area contributed by atoms with Crippen molar-refractivity contribution in [3.8, 4) is 11.5 Å². The third kappa shape index (κ3) is 3.56. The fraction of sp³-hybridized carbons (Fsp3) is 0.111. The molecule has 0 unspecified atom stereocenters. The summed E-state index contributed by atoms with van der Waals surface area (Å²) in [5, 5.41) is 13.6. The van der Waals surface area contributed by atoms with Gasteiger partial charge in [0.25, 0.3) is 11.6 Å². The van der Waals surface area contributed by atoms with Gasteiger partial charge in [-0.3, -0.25) is 14.9 Å². The SMILES string of the molecule is COc1ccc(C(=O)Nc2cc3cc([N+](=O)[O-])ccc3oc2=O)cc1OC. The molecular formula is C18H14N2O7. The molecule has 2 aromatic carbocycles. The van der Waals surface area contributed by atoms with Crippen molar-refractivity contribution in [2.75, 3.05) is 19.5 Å². The number of methoxy groups -OCH3 is 2. The molecular weight excluding hydrogens is 356 g/mol. The minimum Gasteiger partial charge on any atom is -0.493 e. The van der Waals surface area contributed by atoms with Crippen LogP contribution in [0.4, 0.5) is 11.4 Å². The highest BCUT2D eigenvalue weighted by Gasteiger charge is 2.15. The van der Waals surface area contributed by atoms with Gasteiger partial charge in [0.15, 0.2) is 11.5 Å². The van der Waals surface area contributed by atoms with E-state index in [1.807, 2.05) is 0 Å². The summed E-state index contributed by atoms with van der Waals surface area (Å²) in [6.07, 6.45) is 0. The number of hydrogen-bond acceptors (Lipinski definition) is 7. The van der Waals surface area contributed by atoms with Crippen molar-refractivity contribution in [1.29, 1.82) is 0 Å². The molecule has 0 radical (unpaired) electrons. The highest BCUT2D eigenvalue weighted by Crippen LogP contribution is 2.28. The molecule has 3 aromatic rings. The van der Waals surface area contributed by atoms with Crippen LogP contribution in [-0.2, 0) is 0 Å². The van der Waals surface area contributed by atoms with E-state index in [9.17, 15) is 19.7 Å². The molecule has 1 amide bonds. The molecule has 0 aliphatic heterocycles. The monoisotopic (exact) mass is 370 g/mol. The van der Waals surface area contributed by atoms with E-state index < -0.39 is 16.5 Å². The van der Waals surface area contributed by atoms with Gasteiger partial charge in [-0.2, -0.15) is 0 Å². The number of carbonyl (C=O) groups is 1. The van der Waals surface area contributed by atoms with E-state index in [0.717, 1.165) is 0 Å². The number of fused-ring (bicyclic) bond motifs is 1. The molecule has 138 valence electrons. The third-order valence-electron chi connectivity index (χ3n) is 3.82. The molecule has 0 bridgehead atoms. The van der Waals surface area contributed by atoms with E-state index in [2.05, 4.69) is 5.32 Å². The first kappa shape index (κ1) is 17.9. The van der Waals surface area contributed by atoms with Gasteiger partial charge in [0.1, 0.15) is 11.3 Å². The van der Waals surface area contributed by atoms with Crippen LogP contribution < -0.4 is 20.4 Å². The molecule has 3 rings (SSSR count). The Labute approximate surface area is 152 Å². The van der Waals surface area contributed by atoms with Crippen LogP contribution in [0.25, 0.3) is 11.0 Å². The minimum absolute atomic E-state index is 0.136. The van der Waals surface area contributed by atoms with Gasteiger partial charge < -0.3 is 19.2 Å². The second-order valence-corrected chi connectivity index (χ2v) is 5.45. The van der Waals surface area contributed by atoms with Crippen molar-refractivity contribution in [3.63, 3.8) is 0 Å². The number of hydrogen-bond donors (Lipinski definition) is 1. The van der Waals surface area contributed by atoms with Crippen LogP contribution in [0.15, 0.2) is 51.7 Å². The van der Waals surface area contributed by atoms with Crippen molar-refractivity contribution in [1.82, 2.24) is 0 Å². The van der Waals surface area contributed by atoms with Crippen LogP contribution in [0, 0.1) is 10.1 Å². The highest BCUT2D eigenvalue weighted by atomic mass is 16.6. The summed E-state index contributed by atoms with van der Waals surface area (Å²) in [7, 11) is 2.90. The molecule has 27 heavy (non-hydrogen) atoms. The summed E-state index contributed by atoms with van der Waals surface area (Å²) in [5.74, 6) is 0.228. The Balaban J connectivity index is 1.95. The molecule has 9 nitrogen and oxygen atoms in total. The van der Waals surface area contributed by atoms with Crippen molar-refractivity contribution in [2.24, 2.45) is 0 Å². The molecule has 1 heterocycles. The smallest absolute Gasteiger partial charge is 0.360 e. The fourth-order valence-electron chi connectivity index (χ4n) is 2.48. The van der Waals surface area contributed by atoms with E-state index in [0.29, 0.717) is 16.9 Å². The standard InChI is InChI=1S/C18H14N2O7/c1-25-15-5-3-10(9-16(15)26-2)17(21)19-13-8-11-7-12(20(23)24)4-6-14(11)27-18(13)22/h3-9H,1-2H3,(H,19,21). The van der Waals surface area contributed by atoms with Crippen molar-refractivity contribution in [2.45, 2.75) is 0 Å². The third-order valence-corrected chi connectivity index (χ3v) is 3.82. The highest BCUT2D eigenvalue weighted by molar-refractivity contribution is 6.05. The first-order valence-electron chi connectivity index (χ1n) is 7.68. The number of nitrogens with one attached hydrogen (secondary N) is 1. The Morgan fingerprint density at radius 1 is 1.07 bits per heavy atom. The van der Waals surface area contributed by atoms with Gasteiger partial charge in [0.05, 0.1) is 19.1 Å². The number of rotatable bonds is 5. The summed E-state index contributed by atoms with van der Waals surface area (Å²) in [5.41, 5.74) is -0.664. The Kier molecular flexibility index (Phi) is 4.75. The molecule has 0 saturated carbocycles. The second kappa shape index (κ2) is 7.16. The van der Waals surface area contributed by atoms with Gasteiger partial charge in [-0.1, -0.05) is 0 Å². The second-order valence-electron chi connectivity index (χ2n) is 5.45. The maximum atomic E-state index is 12.4. The molecule has 9 heteroatoms. The fourth-order valence-corrected chi connectivity index (χ4v) is 2.48. The normalized spacial score (nSPS) is 10.4. The van der Waals surface area contributed by atoms with E-state index in [1.165, 1.54) is 50.6 Å². The number of ether oxygens (including phenoxy) is 2. The lowest BCUT2D eigenvalue weighted by Gasteiger charge is -2.10. The Morgan fingerprint density at radius 2 is 1.81 bits per heavy atom. The topological polar surface area (TPSA) is 121 Å². The van der Waals surface area contributed by atoms with Crippen molar-refractivity contribution < 1.29 is 23.6 Å². The summed E-state index contributed by atoms with van der Waals surface area (Å²) in [4.78, 5) is 34.9. The van der Waals surface area contributed by atoms with E-state index >= 15 is 0 Å². The molecule has 0 saturated heterocycles. The summed E-state index contributed by atoms with van der Waals surface area (Å²) in [6.45, 7) is 0. The van der Waals surface area contributed by atoms with E-state index in [-0.39, 0.29) is 22.5 Å². The van der Waals surface area contributed by atoms with E-state index in [4.69, 9.17) is 13.9 Å². The largest absolute Gasteiger partial charge is 0.493 e. The van der Waals surface area contributed by atoms with Gasteiger partial charge >= 0.3 is 5.63 Å². The molecule has 0 aliphatic carbocycles. The Morgan fingerprint density at radius 3 is 2.48 bits per heavy atom. The van der Waals surface area contributed by atoms with Gasteiger partial charge in [-0.25, -0.2) is 4.79 Å². The number of anilines is 1. The number of nitrogens with zero attached hydrogens (tertiary/aromatic N) is 1. The number of carbonyl (C=O) groups excluding carboxylic acids is 1. The summed E-state index contributed by atoms with van der Waals surface area (Å²) < 4.78 is 15.4. The van der Waals surface area contributed by atoms with E-state index in [1.54, 1.807) is 6.07 Å². The van der Waals surface area contributed by atoms with Crippen LogP contribution in [0.2, 0.25) is 0 Å². The molecule has 0 fully saturated rings. The van der Waals surface area contributed by atoms with Gasteiger partial charge in [-0.05, 0) is 30.3 Å². The quantitative estimate of drug-likeness (QED) is 0.416. The number of amides is 1. The molecule has 1 N–H and O–H groups in total. The van der Waals surface area contributed by atoms with Crippen LogP contribution in [0.3, 0.4) is 0 Å². The van der Waals surface area contributed by atoms with Crippen LogP contribution in [0.5, 0.6) is 11.5 Å². The molecule has 1 aromatic heterocycles. The maximum Gasteiger partial charge on any atom is 0.360 e. The Hall–Kier alpha value is -3.88. The lowest BCUT2D eigenvalue weighted by atomic mass is 10.1. The van der Waals surface area contributed by atoms with Crippen molar-refractivity contribution in [3.05, 3.63) is 68.6 Å². The summed E-state index contributed by atoms with van der Waals surface area (Å²) in [6, 6.07) is 9.66. The predicted molar refractivity (Wildman–Crippen MR) is 96.6 cm³/mol. The lowest BCUT2D eigenvalue weighted by Crippen LogP contribution is -2.18. The predicted octanol–water partition coefficient (Wildman–Crippen LogP) is 2.97. The van der Waals surface area contributed by atoms with Gasteiger partial charge in [-0.15, -0.1) is 0 Å². The van der Waals surface area contributed by atoms with Crippen LogP contribution >= 0.6 is 0 Å². The molecule has 0 aliphatic rings. The first-order chi connectivity index (χ1) is 12.9. The summed E-state index contributed by atoms with van der Waals surface area (Å²) >= 11 is 0. The lowest BCUT2D eigenvalue weighted by molar-refractivity contribution is -0.384. The van der Waals surface area contributed by atoms with Crippen LogP contribution in [-0.4, -0.2) is 25.1 Å². The van der Waals surface area contributed by atoms with Gasteiger partial charge in [0, 0.05) is 23.1 Å². The number of benzene rings is 2. The number of nitro benzene ring substituents is 1. The first-order valence-corrected chi connectivity index (χ1v) is 7.68. The zero-order valence-corrected chi connectivity index (χ0v) is 14.3. The van der Waals surface area contributed by atoms with Crippen LogP contribution in [0.1, 0.15) is 10.4 Å². The van der Waals surface area contributed by atoms with Crippen molar-refractivity contribution >= 4 is 28.3 Å². The zero-order chi connectivity index (χ0) is 19.6. The van der Waals surface area contributed by atoms with Gasteiger partial charge in [0.2, 0.25) is 0 Å². The molecule has 0 spiro atoms. The maximum absolute atomic E-state index is 12.4. The number of nitro groups is 1.